The minimum Gasteiger partial charge on any atom is -0.299 e. The molecular weight excluding hydrogens is 329 g/mol. The van der Waals surface area contributed by atoms with E-state index in [1.807, 2.05) is 0 Å². The Morgan fingerprint density at radius 1 is 1.47 bits per heavy atom. The average Bonchev–Trinajstić information content (AvgIpc) is 2.74. The molecule has 0 radical (unpaired) electrons. The van der Waals surface area contributed by atoms with Crippen molar-refractivity contribution >= 4 is 64.7 Å². The van der Waals surface area contributed by atoms with Crippen molar-refractivity contribution in [1.29, 1.82) is 0 Å². The van der Waals surface area contributed by atoms with Gasteiger partial charge in [-0.25, -0.2) is 9.07 Å². The van der Waals surface area contributed by atoms with Gasteiger partial charge in [0.05, 0.1) is 0 Å². The Bertz CT molecular complexity index is 650. The second kappa shape index (κ2) is 5.83. The van der Waals surface area contributed by atoms with E-state index in [-0.39, 0.29) is 0 Å². The van der Waals surface area contributed by atoms with Gasteiger partial charge < -0.3 is 0 Å². The largest absolute Gasteiger partial charge is 0.299 e. The number of halogens is 3. The summed E-state index contributed by atoms with van der Waals surface area (Å²) in [4.78, 5) is 8.46. The van der Waals surface area contributed by atoms with E-state index in [0.717, 1.165) is 10.4 Å². The maximum absolute atomic E-state index is 5.94. The van der Waals surface area contributed by atoms with Crippen LogP contribution in [0.15, 0.2) is 6.33 Å². The summed E-state index contributed by atoms with van der Waals surface area (Å²) in [6, 6.07) is 0. The topological polar surface area (TPSA) is 38.9 Å². The van der Waals surface area contributed by atoms with E-state index in [0.29, 0.717) is 34.2 Å². The van der Waals surface area contributed by atoms with Crippen LogP contribution in [0.3, 0.4) is 0 Å². The van der Waals surface area contributed by atoms with Crippen LogP contribution in [0, 0.1) is 10.6 Å². The van der Waals surface area contributed by atoms with Crippen LogP contribution in [0.1, 0.15) is 20.3 Å². The molecule has 0 bridgehead atoms. The van der Waals surface area contributed by atoms with Crippen molar-refractivity contribution in [2.45, 2.75) is 26.8 Å². The number of fused-ring (bicyclic) bond motifs is 1. The zero-order valence-corrected chi connectivity index (χ0v) is 13.4. The van der Waals surface area contributed by atoms with Crippen molar-refractivity contribution in [3.05, 3.63) is 11.0 Å². The van der Waals surface area contributed by atoms with E-state index >= 15 is 0 Å². The lowest BCUT2D eigenvalue weighted by molar-refractivity contribution is 0.465. The van der Waals surface area contributed by atoms with Crippen molar-refractivity contribution in [3.63, 3.8) is 0 Å². The van der Waals surface area contributed by atoms with Gasteiger partial charge in [0.2, 0.25) is 5.95 Å². The first kappa shape index (κ1) is 14.8. The summed E-state index contributed by atoms with van der Waals surface area (Å²) in [5, 5.41) is 0. The van der Waals surface area contributed by atoms with Gasteiger partial charge in [-0.05, 0) is 5.92 Å². The maximum atomic E-state index is 5.94. The molecule has 9 heteroatoms. The van der Waals surface area contributed by atoms with Crippen LogP contribution >= 0.6 is 47.5 Å². The fourth-order valence-electron chi connectivity index (χ4n) is 1.68. The van der Waals surface area contributed by atoms with Gasteiger partial charge in [0.25, 0.3) is 0 Å². The smallest absolute Gasteiger partial charge is 0.239 e. The van der Waals surface area contributed by atoms with Crippen molar-refractivity contribution < 1.29 is 0 Å². The van der Waals surface area contributed by atoms with E-state index in [1.165, 1.54) is 10.4 Å². The second-order valence-corrected chi connectivity index (χ2v) is 5.90. The molecule has 0 saturated carbocycles. The lowest BCUT2D eigenvalue weighted by Gasteiger charge is -2.17. The Kier molecular flexibility index (Phi) is 4.55. The Morgan fingerprint density at radius 3 is 2.74 bits per heavy atom. The van der Waals surface area contributed by atoms with Gasteiger partial charge >= 0.3 is 0 Å². The van der Waals surface area contributed by atoms with Crippen LogP contribution in [0.25, 0.3) is 11.2 Å². The molecule has 1 atom stereocenters. The zero-order valence-electron chi connectivity index (χ0n) is 10.3. The highest BCUT2D eigenvalue weighted by Gasteiger charge is 2.17. The number of anilines is 1. The van der Waals surface area contributed by atoms with Crippen molar-refractivity contribution in [1.82, 2.24) is 18.6 Å². The van der Waals surface area contributed by atoms with Crippen LogP contribution < -0.4 is 3.94 Å². The minimum atomic E-state index is 0.337. The Hall–Kier alpha value is -0.560. The molecule has 0 fully saturated rings. The Labute approximate surface area is 131 Å². The highest BCUT2D eigenvalue weighted by Crippen LogP contribution is 2.24. The maximum Gasteiger partial charge on any atom is 0.239 e. The molecule has 0 aromatic carbocycles. The fraction of sp³-hybridized carbons (Fsp3) is 0.500. The molecule has 1 unspecified atom stereocenters. The number of nitrogens with zero attached hydrogens (tertiary/aromatic N) is 5. The molecule has 0 N–H and O–H groups in total. The number of imidazole rings is 1. The molecular formula is C10H12Cl3N5S. The summed E-state index contributed by atoms with van der Waals surface area (Å²) in [6.07, 6.45) is 2.45. The molecule has 0 amide bonds. The molecule has 2 rings (SSSR count). The van der Waals surface area contributed by atoms with Crippen molar-refractivity contribution in [3.8, 4) is 0 Å². The summed E-state index contributed by atoms with van der Waals surface area (Å²) in [6.45, 7) is 4.88. The molecule has 2 heterocycles. The summed E-state index contributed by atoms with van der Waals surface area (Å²) in [5.41, 5.74) is 1.00. The molecule has 0 aliphatic carbocycles. The number of hydrogen-bond acceptors (Lipinski definition) is 4. The average molecular weight is 341 g/mol. The monoisotopic (exact) mass is 339 g/mol. The van der Waals surface area contributed by atoms with Crippen LogP contribution in [-0.4, -0.2) is 18.6 Å². The molecule has 104 valence electrons. The lowest BCUT2D eigenvalue weighted by atomic mass is 10.1. The predicted octanol–water partition coefficient (Wildman–Crippen LogP) is 4.12. The first-order chi connectivity index (χ1) is 8.95. The van der Waals surface area contributed by atoms with Gasteiger partial charge in [0, 0.05) is 41.9 Å². The number of aromatic nitrogens is 4. The predicted molar refractivity (Wildman–Crippen MR) is 81.2 cm³/mol. The molecule has 19 heavy (non-hydrogen) atoms. The summed E-state index contributed by atoms with van der Waals surface area (Å²) in [7, 11) is 0. The van der Waals surface area contributed by atoms with E-state index < -0.39 is 0 Å². The molecule has 2 aromatic heterocycles. The van der Waals surface area contributed by atoms with Crippen LogP contribution in [-0.2, 0) is 6.54 Å². The van der Waals surface area contributed by atoms with Crippen LogP contribution in [0.2, 0.25) is 0 Å². The summed E-state index contributed by atoms with van der Waals surface area (Å²) < 4.78 is 4.45. The van der Waals surface area contributed by atoms with Gasteiger partial charge in [-0.1, -0.05) is 32.5 Å². The Morgan fingerprint density at radius 2 is 2.16 bits per heavy atom. The first-order valence-electron chi connectivity index (χ1n) is 5.71. The normalized spacial score (nSPS) is 12.9. The quantitative estimate of drug-likeness (QED) is 0.620. The third-order valence-electron chi connectivity index (χ3n) is 2.94. The third kappa shape index (κ3) is 2.81. The van der Waals surface area contributed by atoms with E-state index in [4.69, 9.17) is 47.5 Å². The van der Waals surface area contributed by atoms with E-state index in [9.17, 15) is 0 Å². The highest BCUT2D eigenvalue weighted by molar-refractivity contribution is 7.71. The van der Waals surface area contributed by atoms with E-state index in [2.05, 4.69) is 23.8 Å². The minimum absolute atomic E-state index is 0.337. The molecule has 0 saturated heterocycles. The standard InChI is InChI=1S/C10H12Cl3N5S/c1-3-6(2)4-16-9(19)7-8(17(11)5-14-7)15-10(16)18(12)13/h5-6H,3-4H2,1-2H3. The lowest BCUT2D eigenvalue weighted by Crippen LogP contribution is -2.16. The van der Waals surface area contributed by atoms with Crippen molar-refractivity contribution in [2.24, 2.45) is 5.92 Å². The molecule has 0 aliphatic rings. The van der Waals surface area contributed by atoms with Crippen LogP contribution in [0.4, 0.5) is 5.95 Å². The summed E-state index contributed by atoms with van der Waals surface area (Å²) in [5.74, 6) is 0.750. The molecule has 5 nitrogen and oxygen atoms in total. The third-order valence-corrected chi connectivity index (χ3v) is 3.90. The van der Waals surface area contributed by atoms with E-state index in [1.54, 1.807) is 4.57 Å². The van der Waals surface area contributed by atoms with Crippen LogP contribution in [0.5, 0.6) is 0 Å². The van der Waals surface area contributed by atoms with Gasteiger partial charge in [-0.2, -0.15) is 8.92 Å². The van der Waals surface area contributed by atoms with Gasteiger partial charge in [0.1, 0.15) is 16.5 Å². The van der Waals surface area contributed by atoms with Gasteiger partial charge in [-0.3, -0.25) is 4.57 Å². The first-order valence-corrected chi connectivity index (χ1v) is 7.13. The number of hydrogen-bond donors (Lipinski definition) is 0. The Balaban J connectivity index is 2.68. The number of rotatable bonds is 4. The molecule has 2 aromatic rings. The molecule has 0 aliphatic heterocycles. The SMILES string of the molecule is CCC(C)Cn1c(N(Cl)Cl)nc2c(ncn2Cl)c1=S. The summed E-state index contributed by atoms with van der Waals surface area (Å²) >= 11 is 23.0. The fourth-order valence-corrected chi connectivity index (χ4v) is 2.40. The van der Waals surface area contributed by atoms with Gasteiger partial charge in [0.15, 0.2) is 5.65 Å². The second-order valence-electron chi connectivity index (χ2n) is 4.30. The van der Waals surface area contributed by atoms with Crippen molar-refractivity contribution in [2.75, 3.05) is 3.94 Å². The van der Waals surface area contributed by atoms with Gasteiger partial charge in [-0.15, -0.1) is 0 Å². The zero-order chi connectivity index (χ0) is 14.2. The molecule has 0 spiro atoms. The highest BCUT2D eigenvalue weighted by atomic mass is 35.5.